The van der Waals surface area contributed by atoms with Crippen LogP contribution < -0.4 is 16.3 Å². The number of nitrogens with zero attached hydrogens (tertiary/aromatic N) is 2. The van der Waals surface area contributed by atoms with Crippen molar-refractivity contribution in [1.29, 1.82) is 0 Å². The lowest BCUT2D eigenvalue weighted by Crippen LogP contribution is -2.33. The van der Waals surface area contributed by atoms with Crippen molar-refractivity contribution in [3.05, 3.63) is 15.1 Å². The van der Waals surface area contributed by atoms with Gasteiger partial charge in [0.15, 0.2) is 5.52 Å². The van der Waals surface area contributed by atoms with Crippen LogP contribution in [0.2, 0.25) is 0 Å². The molecular weight excluding hydrogens is 314 g/mol. The first kappa shape index (κ1) is 15.1. The predicted molar refractivity (Wildman–Crippen MR) is 76.3 cm³/mol. The summed E-state index contributed by atoms with van der Waals surface area (Å²) < 4.78 is 8.45. The summed E-state index contributed by atoms with van der Waals surface area (Å²) in [7, 11) is 1.59. The van der Waals surface area contributed by atoms with Crippen LogP contribution in [0.5, 0.6) is 0 Å². The van der Waals surface area contributed by atoms with Crippen LogP contribution in [0.25, 0.3) is 11.2 Å². The lowest BCUT2D eigenvalue weighted by molar-refractivity contribution is -0.337. The summed E-state index contributed by atoms with van der Waals surface area (Å²) >= 11 is 5.28. The lowest BCUT2D eigenvalue weighted by Gasteiger charge is -2.13. The quantitative estimate of drug-likeness (QED) is 0.379. The maximum absolute atomic E-state index is 12.0. The van der Waals surface area contributed by atoms with Gasteiger partial charge in [0.2, 0.25) is 16.6 Å². The van der Waals surface area contributed by atoms with Gasteiger partial charge in [-0.2, -0.15) is 0 Å². The highest BCUT2D eigenvalue weighted by Crippen LogP contribution is 2.31. The van der Waals surface area contributed by atoms with Gasteiger partial charge in [0, 0.05) is 7.05 Å². The first-order valence-corrected chi connectivity index (χ1v) is 6.92. The molecule has 0 bridgehead atoms. The van der Waals surface area contributed by atoms with Gasteiger partial charge >= 0.3 is 11.5 Å². The minimum atomic E-state index is -1.32. The number of anilines is 1. The summed E-state index contributed by atoms with van der Waals surface area (Å²) in [5.41, 5.74) is 5.63. The maximum Gasteiger partial charge on any atom is 0.322 e. The molecule has 0 aliphatic carbocycles. The fraction of sp³-hybridized carbons (Fsp3) is 0.545. The van der Waals surface area contributed by atoms with Crippen LogP contribution in [-0.4, -0.2) is 54.4 Å². The zero-order chi connectivity index (χ0) is 16.2. The van der Waals surface area contributed by atoms with E-state index < -0.39 is 36.7 Å². The summed E-state index contributed by atoms with van der Waals surface area (Å²) in [6, 6.07) is 0. The summed E-state index contributed by atoms with van der Waals surface area (Å²) in [6.07, 6.45) is -4.59. The van der Waals surface area contributed by atoms with Crippen molar-refractivity contribution in [2.24, 2.45) is 7.05 Å². The number of nitrogens with two attached hydrogens (primary N) is 1. The molecule has 10 nitrogen and oxygen atoms in total. The zero-order valence-corrected chi connectivity index (χ0v) is 12.4. The Bertz CT molecular complexity index is 842. The zero-order valence-electron chi connectivity index (χ0n) is 11.6. The summed E-state index contributed by atoms with van der Waals surface area (Å²) in [6.45, 7) is -0.459. The molecule has 120 valence electrons. The molecule has 1 aliphatic heterocycles. The standard InChI is InChI=1S/C11H15N5O5S/c1-15-4-7(13-10(12)14-8(4)20)16(11(15)22)9-6(19)5(18)3(2-17)21-9/h3,5-6,9,17-19H,2H2,1H3,(H3,12,13,14,20)/p+1/t3-,5-,6-,9-/m1/s1. The number of fused-ring (bicyclic) bond motifs is 1. The Morgan fingerprint density at radius 1 is 1.45 bits per heavy atom. The summed E-state index contributed by atoms with van der Waals surface area (Å²) in [5.74, 6) is 0.0126. The molecule has 0 aromatic carbocycles. The highest BCUT2D eigenvalue weighted by Gasteiger charge is 2.46. The number of aromatic amines is 2. The van der Waals surface area contributed by atoms with E-state index in [1.807, 2.05) is 0 Å². The van der Waals surface area contributed by atoms with E-state index in [-0.39, 0.29) is 21.9 Å². The fourth-order valence-electron chi connectivity index (χ4n) is 2.67. The molecule has 0 saturated carbocycles. The van der Waals surface area contributed by atoms with E-state index in [1.54, 1.807) is 7.05 Å². The number of hydrogen-bond donors (Lipinski definition) is 5. The molecule has 3 rings (SSSR count). The molecule has 3 heterocycles. The number of nitrogens with one attached hydrogen (secondary N) is 2. The normalized spacial score (nSPS) is 28.5. The number of aromatic nitrogens is 4. The number of hydrogen-bond acceptors (Lipinski definition) is 7. The van der Waals surface area contributed by atoms with E-state index in [0.717, 1.165) is 0 Å². The van der Waals surface area contributed by atoms with Gasteiger partial charge in [-0.25, -0.2) is 14.5 Å². The highest BCUT2D eigenvalue weighted by atomic mass is 32.1. The van der Waals surface area contributed by atoms with Crippen LogP contribution >= 0.6 is 12.2 Å². The molecule has 2 aromatic heterocycles. The Labute approximate surface area is 128 Å². The minimum Gasteiger partial charge on any atom is -0.394 e. The van der Waals surface area contributed by atoms with Gasteiger partial charge in [-0.05, 0) is 12.2 Å². The number of nitrogen functional groups attached to an aromatic ring is 1. The van der Waals surface area contributed by atoms with Crippen molar-refractivity contribution in [2.75, 3.05) is 12.3 Å². The Kier molecular flexibility index (Phi) is 3.53. The second-order valence-electron chi connectivity index (χ2n) is 5.13. The molecule has 7 N–H and O–H groups in total. The van der Waals surface area contributed by atoms with E-state index in [4.69, 9.17) is 22.7 Å². The monoisotopic (exact) mass is 330 g/mol. The van der Waals surface area contributed by atoms with Gasteiger partial charge in [-0.3, -0.25) is 4.79 Å². The molecule has 11 heteroatoms. The number of H-pyrrole nitrogens is 2. The molecule has 1 aliphatic rings. The topological polar surface area (TPSA) is 153 Å². The highest BCUT2D eigenvalue weighted by molar-refractivity contribution is 7.71. The third-order valence-electron chi connectivity index (χ3n) is 3.78. The van der Waals surface area contributed by atoms with Gasteiger partial charge in [-0.1, -0.05) is 0 Å². The SMILES string of the molecule is Cn1c(=S)n([C@@H]2O[C@H](CO)[C@@H](O)[C@H]2O)c2[nH+]c(N)[nH]c(=O)c21. The molecule has 22 heavy (non-hydrogen) atoms. The number of aliphatic hydroxyl groups excluding tert-OH is 3. The third kappa shape index (κ3) is 1.98. The fourth-order valence-corrected chi connectivity index (χ4v) is 2.96. The molecule has 2 aromatic rings. The molecule has 1 fully saturated rings. The van der Waals surface area contributed by atoms with Crippen LogP contribution in [0.3, 0.4) is 0 Å². The van der Waals surface area contributed by atoms with Crippen molar-refractivity contribution in [3.63, 3.8) is 0 Å². The molecule has 0 spiro atoms. The Balaban J connectivity index is 2.26. The average Bonchev–Trinajstić information content (AvgIpc) is 2.87. The molecular formula is C11H16N5O5S+. The van der Waals surface area contributed by atoms with Crippen molar-refractivity contribution >= 4 is 29.3 Å². The first-order valence-electron chi connectivity index (χ1n) is 6.51. The van der Waals surface area contributed by atoms with E-state index >= 15 is 0 Å². The third-order valence-corrected chi connectivity index (χ3v) is 4.25. The largest absolute Gasteiger partial charge is 0.394 e. The molecule has 0 radical (unpaired) electrons. The van der Waals surface area contributed by atoms with Crippen molar-refractivity contribution in [1.82, 2.24) is 14.1 Å². The maximum atomic E-state index is 12.0. The molecule has 1 saturated heterocycles. The number of aryl methyl sites for hydroxylation is 1. The molecule has 0 amide bonds. The van der Waals surface area contributed by atoms with E-state index in [0.29, 0.717) is 0 Å². The van der Waals surface area contributed by atoms with E-state index in [1.165, 1.54) is 9.13 Å². The van der Waals surface area contributed by atoms with Crippen molar-refractivity contribution in [2.45, 2.75) is 24.5 Å². The van der Waals surface area contributed by atoms with Crippen molar-refractivity contribution in [3.8, 4) is 0 Å². The van der Waals surface area contributed by atoms with Crippen molar-refractivity contribution < 1.29 is 25.0 Å². The Morgan fingerprint density at radius 3 is 2.73 bits per heavy atom. The van der Waals surface area contributed by atoms with Crippen LogP contribution in [-0.2, 0) is 11.8 Å². The van der Waals surface area contributed by atoms with Crippen LogP contribution in [0.1, 0.15) is 6.23 Å². The average molecular weight is 330 g/mol. The lowest BCUT2D eigenvalue weighted by atomic mass is 10.1. The second-order valence-corrected chi connectivity index (χ2v) is 5.50. The van der Waals surface area contributed by atoms with Crippen LogP contribution in [0.15, 0.2) is 4.79 Å². The number of ether oxygens (including phenoxy) is 1. The summed E-state index contributed by atoms with van der Waals surface area (Å²) in [4.78, 5) is 17.2. The van der Waals surface area contributed by atoms with Gasteiger partial charge < -0.3 is 30.4 Å². The number of aliphatic hydroxyl groups is 3. The Morgan fingerprint density at radius 2 is 2.14 bits per heavy atom. The van der Waals surface area contributed by atoms with Crippen LogP contribution in [0, 0.1) is 4.77 Å². The summed E-state index contributed by atoms with van der Waals surface area (Å²) in [5, 5.41) is 29.2. The van der Waals surface area contributed by atoms with Gasteiger partial charge in [0.05, 0.1) is 6.61 Å². The minimum absolute atomic E-state index is 0.0126. The van der Waals surface area contributed by atoms with Gasteiger partial charge in [0.1, 0.15) is 18.3 Å². The number of rotatable bonds is 2. The van der Waals surface area contributed by atoms with E-state index in [9.17, 15) is 20.1 Å². The Hall–Kier alpha value is -1.79. The number of imidazole rings is 1. The smallest absolute Gasteiger partial charge is 0.322 e. The van der Waals surface area contributed by atoms with Gasteiger partial charge in [0.25, 0.3) is 0 Å². The van der Waals surface area contributed by atoms with E-state index in [2.05, 4.69) is 9.97 Å². The van der Waals surface area contributed by atoms with Crippen LogP contribution in [0.4, 0.5) is 5.95 Å². The molecule has 4 atom stereocenters. The predicted octanol–water partition coefficient (Wildman–Crippen LogP) is -2.59. The molecule has 0 unspecified atom stereocenters. The first-order chi connectivity index (χ1) is 10.4. The van der Waals surface area contributed by atoms with Gasteiger partial charge in [-0.15, -0.1) is 0 Å². The second kappa shape index (κ2) is 5.14.